The third-order valence-corrected chi connectivity index (χ3v) is 8.13. The summed E-state index contributed by atoms with van der Waals surface area (Å²) in [5.41, 5.74) is 3.16. The van der Waals surface area contributed by atoms with Gasteiger partial charge in [0.2, 0.25) is 6.29 Å². The van der Waals surface area contributed by atoms with Gasteiger partial charge in [-0.1, -0.05) is 23.7 Å². The molecule has 3 amide bonds. The van der Waals surface area contributed by atoms with Crippen molar-refractivity contribution in [2.24, 2.45) is 5.92 Å². The van der Waals surface area contributed by atoms with Crippen molar-refractivity contribution in [1.82, 2.24) is 0 Å². The number of methoxy groups -OCH3 is 1. The van der Waals surface area contributed by atoms with E-state index >= 15 is 0 Å². The van der Waals surface area contributed by atoms with Gasteiger partial charge in [0.15, 0.2) is 5.76 Å². The molecule has 0 saturated carbocycles. The maximum atomic E-state index is 13.5. The van der Waals surface area contributed by atoms with Crippen LogP contribution in [0.15, 0.2) is 72.5 Å². The molecule has 2 N–H and O–H groups in total. The molecule has 0 spiro atoms. The number of hydrogen-bond donors (Lipinski definition) is 2. The predicted octanol–water partition coefficient (Wildman–Crippen LogP) is 5.62. The maximum absolute atomic E-state index is 13.5. The lowest BCUT2D eigenvalue weighted by molar-refractivity contribution is -0.165. The third kappa shape index (κ3) is 6.49. The molecule has 3 aromatic carbocycles. The van der Waals surface area contributed by atoms with Crippen molar-refractivity contribution in [2.75, 3.05) is 30.5 Å². The zero-order valence-electron chi connectivity index (χ0n) is 25.0. The zero-order chi connectivity index (χ0) is 32.2. The number of esters is 1. The molecule has 0 radical (unpaired) electrons. The first kappa shape index (κ1) is 31.9. The summed E-state index contributed by atoms with van der Waals surface area (Å²) in [6, 6.07) is 16.4. The number of nitrogens with zero attached hydrogens (tertiary/aromatic N) is 1. The topological polar surface area (TPSA) is 131 Å². The van der Waals surface area contributed by atoms with Gasteiger partial charge in [0.25, 0.3) is 17.7 Å². The normalized spacial score (nSPS) is 19.1. The van der Waals surface area contributed by atoms with Crippen LogP contribution in [0.1, 0.15) is 67.9 Å². The van der Waals surface area contributed by atoms with Gasteiger partial charge in [-0.15, -0.1) is 0 Å². The number of aryl methyl sites for hydroxylation is 1. The summed E-state index contributed by atoms with van der Waals surface area (Å²) in [4.78, 5) is 52.8. The lowest BCUT2D eigenvalue weighted by atomic mass is 9.80. The van der Waals surface area contributed by atoms with E-state index in [1.54, 1.807) is 61.5 Å². The standard InChI is InChI=1S/C34H33ClN2O8/c1-4-44-34-25(6-5-15-38)26(20-7-9-21(10-8-20)33(42)43-3)18-29(45-34)30(39)36-23-12-14-28(19(2)16-23)37-31(40)24-13-11-22(35)17-27(24)32(37)41/h7-14,16-18,25-26,34,38H,4-6,15H2,1-3H3,(H,36,39)/t25-,26-,34-/m1/s1. The second-order valence-electron chi connectivity index (χ2n) is 10.7. The number of carbonyl (C=O) groups excluding carboxylic acids is 4. The number of nitrogens with one attached hydrogen (secondary N) is 1. The van der Waals surface area contributed by atoms with Crippen molar-refractivity contribution in [3.8, 4) is 0 Å². The van der Waals surface area contributed by atoms with Gasteiger partial charge in [-0.3, -0.25) is 14.4 Å². The quantitative estimate of drug-likeness (QED) is 0.217. The fourth-order valence-corrected chi connectivity index (χ4v) is 5.88. The average molecular weight is 633 g/mol. The molecular formula is C34H33ClN2O8. The van der Waals surface area contributed by atoms with E-state index in [1.807, 2.05) is 6.92 Å². The van der Waals surface area contributed by atoms with Gasteiger partial charge in [0, 0.05) is 35.8 Å². The number of aliphatic hydroxyl groups excluding tert-OH is 1. The molecule has 0 saturated heterocycles. The number of fused-ring (bicyclic) bond motifs is 1. The number of rotatable bonds is 10. The first-order valence-electron chi connectivity index (χ1n) is 14.6. The molecule has 0 fully saturated rings. The Balaban J connectivity index is 1.40. The Morgan fingerprint density at radius 3 is 2.42 bits per heavy atom. The summed E-state index contributed by atoms with van der Waals surface area (Å²) in [5, 5.41) is 12.7. The maximum Gasteiger partial charge on any atom is 0.337 e. The van der Waals surface area contributed by atoms with Crippen molar-refractivity contribution < 1.29 is 38.5 Å². The number of anilines is 2. The molecule has 2 aliphatic heterocycles. The van der Waals surface area contributed by atoms with Crippen LogP contribution in [0.4, 0.5) is 11.4 Å². The Hall–Kier alpha value is -4.51. The molecule has 10 nitrogen and oxygen atoms in total. The van der Waals surface area contributed by atoms with Crippen LogP contribution in [0.5, 0.6) is 0 Å². The van der Waals surface area contributed by atoms with Crippen molar-refractivity contribution in [3.05, 3.63) is 105 Å². The van der Waals surface area contributed by atoms with Crippen LogP contribution < -0.4 is 10.2 Å². The molecule has 3 aromatic rings. The van der Waals surface area contributed by atoms with Crippen LogP contribution in [0.2, 0.25) is 5.02 Å². The summed E-state index contributed by atoms with van der Waals surface area (Å²) in [5.74, 6) is -2.37. The van der Waals surface area contributed by atoms with Gasteiger partial charge < -0.3 is 24.6 Å². The van der Waals surface area contributed by atoms with E-state index in [0.717, 1.165) is 10.5 Å². The Morgan fingerprint density at radius 2 is 1.76 bits per heavy atom. The van der Waals surface area contributed by atoms with E-state index in [-0.39, 0.29) is 35.3 Å². The van der Waals surface area contributed by atoms with Crippen molar-refractivity contribution in [1.29, 1.82) is 0 Å². The first-order chi connectivity index (χ1) is 21.7. The lowest BCUT2D eigenvalue weighted by Crippen LogP contribution is -2.37. The molecule has 0 aliphatic carbocycles. The minimum Gasteiger partial charge on any atom is -0.465 e. The molecule has 2 aliphatic rings. The second-order valence-corrected chi connectivity index (χ2v) is 11.2. The SMILES string of the molecule is CCO[C@@H]1OC(C(=O)Nc2ccc(N3C(=O)c4ccc(Cl)cc4C3=O)c(C)c2)=C[C@H](c2ccc(C(=O)OC)cc2)[C@H]1CCCO. The molecule has 2 heterocycles. The number of hydrogen-bond acceptors (Lipinski definition) is 8. The van der Waals surface area contributed by atoms with Gasteiger partial charge in [-0.05, 0) is 92.4 Å². The van der Waals surface area contributed by atoms with Crippen LogP contribution in [0.3, 0.4) is 0 Å². The van der Waals surface area contributed by atoms with E-state index in [4.69, 9.17) is 25.8 Å². The summed E-state index contributed by atoms with van der Waals surface area (Å²) in [7, 11) is 1.32. The highest BCUT2D eigenvalue weighted by molar-refractivity contribution is 6.37. The smallest absolute Gasteiger partial charge is 0.337 e. The van der Waals surface area contributed by atoms with Crippen molar-refractivity contribution in [2.45, 2.75) is 38.9 Å². The first-order valence-corrected chi connectivity index (χ1v) is 14.9. The number of benzene rings is 3. The molecule has 0 unspecified atom stereocenters. The highest BCUT2D eigenvalue weighted by atomic mass is 35.5. The predicted molar refractivity (Wildman–Crippen MR) is 167 cm³/mol. The zero-order valence-corrected chi connectivity index (χ0v) is 25.8. The summed E-state index contributed by atoms with van der Waals surface area (Å²) in [6.07, 6.45) is 2.05. The highest BCUT2D eigenvalue weighted by Gasteiger charge is 2.39. The van der Waals surface area contributed by atoms with Crippen LogP contribution in [-0.4, -0.2) is 55.4 Å². The number of amides is 3. The fourth-order valence-electron chi connectivity index (χ4n) is 5.71. The van der Waals surface area contributed by atoms with Crippen LogP contribution in [-0.2, 0) is 19.0 Å². The monoisotopic (exact) mass is 632 g/mol. The third-order valence-electron chi connectivity index (χ3n) is 7.90. The molecule has 5 rings (SSSR count). The van der Waals surface area contributed by atoms with Crippen molar-refractivity contribution in [3.63, 3.8) is 0 Å². The molecule has 0 aromatic heterocycles. The van der Waals surface area contributed by atoms with Gasteiger partial charge in [-0.25, -0.2) is 9.69 Å². The van der Waals surface area contributed by atoms with Gasteiger partial charge in [0.1, 0.15) is 0 Å². The van der Waals surface area contributed by atoms with Crippen LogP contribution in [0.25, 0.3) is 0 Å². The number of halogens is 1. The van der Waals surface area contributed by atoms with E-state index < -0.39 is 30.0 Å². The Labute approximate surface area is 265 Å². The van der Waals surface area contributed by atoms with Crippen LogP contribution in [0, 0.1) is 12.8 Å². The Morgan fingerprint density at radius 1 is 1.02 bits per heavy atom. The van der Waals surface area contributed by atoms with Gasteiger partial charge >= 0.3 is 5.97 Å². The number of imide groups is 1. The molecule has 3 atom stereocenters. The average Bonchev–Trinajstić information content (AvgIpc) is 3.28. The number of carbonyl (C=O) groups is 4. The fraction of sp³-hybridized carbons (Fsp3) is 0.294. The minimum atomic E-state index is -0.760. The van der Waals surface area contributed by atoms with Crippen molar-refractivity contribution >= 4 is 46.7 Å². The van der Waals surface area contributed by atoms with Gasteiger partial charge in [0.05, 0.1) is 29.5 Å². The highest BCUT2D eigenvalue weighted by Crippen LogP contribution is 2.40. The summed E-state index contributed by atoms with van der Waals surface area (Å²) < 4.78 is 16.8. The Bertz CT molecular complexity index is 1670. The molecule has 234 valence electrons. The molecule has 45 heavy (non-hydrogen) atoms. The van der Waals surface area contributed by atoms with E-state index in [1.165, 1.54) is 19.2 Å². The minimum absolute atomic E-state index is 0.00972. The summed E-state index contributed by atoms with van der Waals surface area (Å²) >= 11 is 6.05. The van der Waals surface area contributed by atoms with E-state index in [0.29, 0.717) is 47.0 Å². The van der Waals surface area contributed by atoms with E-state index in [9.17, 15) is 24.3 Å². The number of ether oxygens (including phenoxy) is 3. The second kappa shape index (κ2) is 13.6. The van der Waals surface area contributed by atoms with Gasteiger partial charge in [-0.2, -0.15) is 0 Å². The van der Waals surface area contributed by atoms with Crippen LogP contribution >= 0.6 is 11.6 Å². The molecule has 0 bridgehead atoms. The number of aliphatic hydroxyl groups is 1. The largest absolute Gasteiger partial charge is 0.465 e. The Kier molecular flexibility index (Phi) is 9.67. The summed E-state index contributed by atoms with van der Waals surface area (Å²) in [6.45, 7) is 3.90. The molecule has 11 heteroatoms. The molecular weight excluding hydrogens is 600 g/mol. The van der Waals surface area contributed by atoms with E-state index in [2.05, 4.69) is 5.32 Å². The lowest BCUT2D eigenvalue weighted by Gasteiger charge is -2.37. The number of allylic oxidation sites excluding steroid dienone is 1.